The van der Waals surface area contributed by atoms with Crippen LogP contribution in [0, 0.1) is 5.92 Å². The molecule has 220 valence electrons. The minimum absolute atomic E-state index is 0.00446. The normalized spacial score (nSPS) is 14.7. The highest BCUT2D eigenvalue weighted by Crippen LogP contribution is 2.12. The number of carbonyl (C=O) groups excluding carboxylic acids is 3. The Kier molecular flexibility index (Phi) is 11.0. The number of phenolic OH excluding ortho intramolecular Hbond substituents is 1. The molecule has 3 amide bonds. The first-order valence-electron chi connectivity index (χ1n) is 13.2. The van der Waals surface area contributed by atoms with Gasteiger partial charge in [-0.1, -0.05) is 32.4 Å². The van der Waals surface area contributed by atoms with E-state index in [9.17, 15) is 29.4 Å². The van der Waals surface area contributed by atoms with E-state index in [1.54, 1.807) is 19.1 Å². The third-order valence-electron chi connectivity index (χ3n) is 6.73. The van der Waals surface area contributed by atoms with Gasteiger partial charge in [-0.05, 0) is 30.0 Å². The van der Waals surface area contributed by atoms with Crippen molar-refractivity contribution in [3.05, 3.63) is 66.3 Å². The van der Waals surface area contributed by atoms with Gasteiger partial charge < -0.3 is 41.9 Å². The number of carboxylic acids is 1. The van der Waals surface area contributed by atoms with Crippen molar-refractivity contribution in [2.75, 3.05) is 0 Å². The molecule has 41 heavy (non-hydrogen) atoms. The van der Waals surface area contributed by atoms with Crippen LogP contribution in [0.1, 0.15) is 37.2 Å². The Hall–Kier alpha value is -4.72. The number of hydrogen-bond acceptors (Lipinski definition) is 8. The van der Waals surface area contributed by atoms with Crippen molar-refractivity contribution in [1.82, 2.24) is 35.9 Å². The molecule has 0 aliphatic rings. The molecule has 5 atom stereocenters. The molecular formula is C27H36N8O6. The number of rotatable bonds is 15. The fourth-order valence-corrected chi connectivity index (χ4v) is 4.12. The lowest BCUT2D eigenvalue weighted by Crippen LogP contribution is -2.58. The smallest absolute Gasteiger partial charge is 0.326 e. The van der Waals surface area contributed by atoms with Gasteiger partial charge in [-0.25, -0.2) is 14.8 Å². The molecule has 0 saturated heterocycles. The minimum Gasteiger partial charge on any atom is -0.508 e. The van der Waals surface area contributed by atoms with Crippen LogP contribution in [0.4, 0.5) is 0 Å². The lowest BCUT2D eigenvalue weighted by Gasteiger charge is -2.26. The van der Waals surface area contributed by atoms with E-state index >= 15 is 0 Å². The van der Waals surface area contributed by atoms with E-state index in [1.807, 2.05) is 6.92 Å². The number of aliphatic carboxylic acids is 1. The van der Waals surface area contributed by atoms with Gasteiger partial charge in [-0.15, -0.1) is 0 Å². The molecule has 0 bridgehead atoms. The van der Waals surface area contributed by atoms with Gasteiger partial charge in [0.05, 0.1) is 18.7 Å². The fourth-order valence-electron chi connectivity index (χ4n) is 4.12. The standard InChI is InChI=1S/C27H36N8O6/c1-3-15(2)23(27(40)41)35-26(39)22(10-18-12-30-14-32-18)34-25(38)21(9-17-11-29-13-31-17)33-24(37)20(28)8-16-4-6-19(36)7-5-16/h4-7,11-15,20-23,36H,3,8-10,28H2,1-2H3,(H,29,31)(H,30,32)(H,33,37)(H,34,38)(H,35,39)(H,40,41). The second kappa shape index (κ2) is 14.6. The van der Waals surface area contributed by atoms with Crippen LogP contribution in [0.25, 0.3) is 0 Å². The summed E-state index contributed by atoms with van der Waals surface area (Å²) in [5, 5.41) is 27.0. The zero-order chi connectivity index (χ0) is 29.9. The Morgan fingerprint density at radius 2 is 1.37 bits per heavy atom. The first-order valence-corrected chi connectivity index (χ1v) is 13.2. The van der Waals surface area contributed by atoms with Crippen molar-refractivity contribution in [2.24, 2.45) is 11.7 Å². The third-order valence-corrected chi connectivity index (χ3v) is 6.73. The fraction of sp³-hybridized carbons (Fsp3) is 0.407. The summed E-state index contributed by atoms with van der Waals surface area (Å²) in [7, 11) is 0. The predicted molar refractivity (Wildman–Crippen MR) is 147 cm³/mol. The number of benzene rings is 1. The summed E-state index contributed by atoms with van der Waals surface area (Å²) in [5.74, 6) is -3.45. The molecule has 5 unspecified atom stereocenters. The van der Waals surface area contributed by atoms with Gasteiger partial charge in [-0.3, -0.25) is 14.4 Å². The highest BCUT2D eigenvalue weighted by molar-refractivity contribution is 5.94. The second-order valence-corrected chi connectivity index (χ2v) is 9.87. The Bertz CT molecular complexity index is 1280. The number of aromatic amines is 2. The summed E-state index contributed by atoms with van der Waals surface area (Å²) in [6.45, 7) is 3.52. The lowest BCUT2D eigenvalue weighted by molar-refractivity contribution is -0.143. The number of nitrogens with one attached hydrogen (secondary N) is 5. The maximum absolute atomic E-state index is 13.5. The Balaban J connectivity index is 1.78. The molecule has 2 aromatic heterocycles. The molecule has 0 spiro atoms. The van der Waals surface area contributed by atoms with Gasteiger partial charge in [0.25, 0.3) is 0 Å². The van der Waals surface area contributed by atoms with Gasteiger partial charge in [0.15, 0.2) is 0 Å². The molecule has 14 heteroatoms. The second-order valence-electron chi connectivity index (χ2n) is 9.87. The molecule has 0 aliphatic carbocycles. The Labute approximate surface area is 236 Å². The van der Waals surface area contributed by atoms with Crippen molar-refractivity contribution in [3.8, 4) is 5.75 Å². The summed E-state index contributed by atoms with van der Waals surface area (Å²) in [5.41, 5.74) is 7.91. The number of carbonyl (C=O) groups is 4. The van der Waals surface area contributed by atoms with Crippen LogP contribution in [0.15, 0.2) is 49.3 Å². The number of nitrogens with zero attached hydrogens (tertiary/aromatic N) is 2. The molecule has 0 radical (unpaired) electrons. The molecule has 14 nitrogen and oxygen atoms in total. The number of amides is 3. The molecule has 9 N–H and O–H groups in total. The van der Waals surface area contributed by atoms with Crippen molar-refractivity contribution in [3.63, 3.8) is 0 Å². The topological polar surface area (TPSA) is 228 Å². The van der Waals surface area contributed by atoms with Crippen LogP contribution in [-0.2, 0) is 38.4 Å². The van der Waals surface area contributed by atoms with Crippen molar-refractivity contribution in [2.45, 2.75) is 63.7 Å². The van der Waals surface area contributed by atoms with E-state index in [0.29, 0.717) is 23.4 Å². The summed E-state index contributed by atoms with van der Waals surface area (Å²) >= 11 is 0. The molecule has 3 rings (SSSR count). The van der Waals surface area contributed by atoms with E-state index in [-0.39, 0.29) is 30.9 Å². The summed E-state index contributed by atoms with van der Waals surface area (Å²) in [4.78, 5) is 65.3. The minimum atomic E-state index is -1.19. The number of H-pyrrole nitrogens is 2. The molecular weight excluding hydrogens is 532 g/mol. The van der Waals surface area contributed by atoms with Crippen LogP contribution >= 0.6 is 0 Å². The SMILES string of the molecule is CCC(C)C(NC(=O)C(Cc1cnc[nH]1)NC(=O)C(Cc1cnc[nH]1)NC(=O)C(N)Cc1ccc(O)cc1)C(=O)O. The van der Waals surface area contributed by atoms with Crippen LogP contribution in [0.3, 0.4) is 0 Å². The van der Waals surface area contributed by atoms with Crippen molar-refractivity contribution >= 4 is 23.7 Å². The first-order chi connectivity index (χ1) is 19.6. The van der Waals surface area contributed by atoms with Crippen LogP contribution in [0.2, 0.25) is 0 Å². The molecule has 3 aromatic rings. The average Bonchev–Trinajstić information content (AvgIpc) is 3.66. The van der Waals surface area contributed by atoms with E-state index < -0.39 is 47.9 Å². The summed E-state index contributed by atoms with van der Waals surface area (Å²) < 4.78 is 0. The molecule has 0 saturated carbocycles. The highest BCUT2D eigenvalue weighted by atomic mass is 16.4. The highest BCUT2D eigenvalue weighted by Gasteiger charge is 2.32. The number of imidazole rings is 2. The first kappa shape index (κ1) is 30.8. The number of hydrogen-bond donors (Lipinski definition) is 8. The maximum atomic E-state index is 13.5. The van der Waals surface area contributed by atoms with Crippen molar-refractivity contribution in [1.29, 1.82) is 0 Å². The predicted octanol–water partition coefficient (Wildman–Crippen LogP) is -0.221. The molecule has 0 aliphatic heterocycles. The Morgan fingerprint density at radius 3 is 1.83 bits per heavy atom. The Morgan fingerprint density at radius 1 is 0.854 bits per heavy atom. The van der Waals surface area contributed by atoms with E-state index in [1.165, 1.54) is 37.2 Å². The van der Waals surface area contributed by atoms with Crippen molar-refractivity contribution < 1.29 is 29.4 Å². The van der Waals surface area contributed by atoms with E-state index in [2.05, 4.69) is 35.9 Å². The number of carboxylic acid groups (broad SMARTS) is 1. The molecule has 0 fully saturated rings. The zero-order valence-electron chi connectivity index (χ0n) is 22.8. The number of nitrogens with two attached hydrogens (primary N) is 1. The summed E-state index contributed by atoms with van der Waals surface area (Å²) in [6.07, 6.45) is 6.52. The molecule has 2 heterocycles. The molecule has 1 aromatic carbocycles. The van der Waals surface area contributed by atoms with Gasteiger partial charge in [0.1, 0.15) is 23.9 Å². The number of aromatic nitrogens is 4. The average molecular weight is 569 g/mol. The van der Waals surface area contributed by atoms with Gasteiger partial charge in [0.2, 0.25) is 17.7 Å². The zero-order valence-corrected chi connectivity index (χ0v) is 22.8. The number of phenols is 1. The van der Waals surface area contributed by atoms with Crippen LogP contribution in [0.5, 0.6) is 5.75 Å². The van der Waals surface area contributed by atoms with E-state index in [0.717, 1.165) is 0 Å². The van der Waals surface area contributed by atoms with Gasteiger partial charge >= 0.3 is 5.97 Å². The monoisotopic (exact) mass is 568 g/mol. The number of aromatic hydroxyl groups is 1. The van der Waals surface area contributed by atoms with Crippen LogP contribution < -0.4 is 21.7 Å². The van der Waals surface area contributed by atoms with Crippen LogP contribution in [-0.4, -0.2) is 78.0 Å². The lowest BCUT2D eigenvalue weighted by atomic mass is 9.98. The third kappa shape index (κ3) is 9.17. The van der Waals surface area contributed by atoms with Gasteiger partial charge in [0, 0.05) is 36.6 Å². The largest absolute Gasteiger partial charge is 0.508 e. The van der Waals surface area contributed by atoms with E-state index in [4.69, 9.17) is 5.73 Å². The van der Waals surface area contributed by atoms with Gasteiger partial charge in [-0.2, -0.15) is 0 Å². The summed E-state index contributed by atoms with van der Waals surface area (Å²) in [6, 6.07) is 1.75. The maximum Gasteiger partial charge on any atom is 0.326 e. The quantitative estimate of drug-likeness (QED) is 0.121.